The second-order valence-electron chi connectivity index (χ2n) is 5.50. The van der Waals surface area contributed by atoms with Gasteiger partial charge in [0, 0.05) is 6.20 Å². The lowest BCUT2D eigenvalue weighted by atomic mass is 10.2. The standard InChI is InChI=1S/C15H15N3O2S2/c16-11-15(4-5-15)12-22(19,20)18(9-13-3-7-21-10-13)14-2-1-6-17-8-14/h1-3,6-8,10H,4-5,9,12H2. The molecule has 7 heteroatoms. The molecule has 114 valence electrons. The first-order valence-corrected chi connectivity index (χ1v) is 9.43. The van der Waals surface area contributed by atoms with Gasteiger partial charge in [0.05, 0.1) is 35.7 Å². The first kappa shape index (κ1) is 15.0. The van der Waals surface area contributed by atoms with E-state index in [1.165, 1.54) is 21.8 Å². The normalized spacial score (nSPS) is 16.0. The van der Waals surface area contributed by atoms with Crippen LogP contribution >= 0.6 is 11.3 Å². The summed E-state index contributed by atoms with van der Waals surface area (Å²) in [6, 6.07) is 7.49. The van der Waals surface area contributed by atoms with Crippen LogP contribution in [0, 0.1) is 16.7 Å². The third kappa shape index (κ3) is 3.13. The lowest BCUT2D eigenvalue weighted by Gasteiger charge is -2.24. The van der Waals surface area contributed by atoms with Crippen LogP contribution in [0.3, 0.4) is 0 Å². The van der Waals surface area contributed by atoms with E-state index in [1.54, 1.807) is 18.3 Å². The summed E-state index contributed by atoms with van der Waals surface area (Å²) >= 11 is 1.53. The van der Waals surface area contributed by atoms with Gasteiger partial charge in [-0.05, 0) is 47.4 Å². The maximum Gasteiger partial charge on any atom is 0.237 e. The summed E-state index contributed by atoms with van der Waals surface area (Å²) in [6.07, 6.45) is 4.45. The summed E-state index contributed by atoms with van der Waals surface area (Å²) in [7, 11) is -3.58. The molecule has 5 nitrogen and oxygen atoms in total. The Morgan fingerprint density at radius 3 is 2.77 bits per heavy atom. The summed E-state index contributed by atoms with van der Waals surface area (Å²) in [5.74, 6) is -0.129. The molecule has 0 spiro atoms. The zero-order chi connectivity index (χ0) is 15.6. The highest BCUT2D eigenvalue weighted by Crippen LogP contribution is 2.46. The zero-order valence-electron chi connectivity index (χ0n) is 11.8. The van der Waals surface area contributed by atoms with Gasteiger partial charge < -0.3 is 0 Å². The van der Waals surface area contributed by atoms with E-state index in [2.05, 4.69) is 11.1 Å². The first-order chi connectivity index (χ1) is 10.5. The quantitative estimate of drug-likeness (QED) is 0.815. The third-order valence-corrected chi connectivity index (χ3v) is 6.39. The topological polar surface area (TPSA) is 74.1 Å². The molecule has 0 bridgehead atoms. The fraction of sp³-hybridized carbons (Fsp3) is 0.333. The van der Waals surface area contributed by atoms with Crippen molar-refractivity contribution >= 4 is 27.0 Å². The van der Waals surface area contributed by atoms with E-state index in [9.17, 15) is 13.7 Å². The van der Waals surface area contributed by atoms with Crippen LogP contribution in [0.25, 0.3) is 0 Å². The van der Waals surface area contributed by atoms with Gasteiger partial charge in [-0.3, -0.25) is 9.29 Å². The Morgan fingerprint density at radius 2 is 2.23 bits per heavy atom. The average Bonchev–Trinajstić information content (AvgIpc) is 3.08. The Labute approximate surface area is 133 Å². The maximum absolute atomic E-state index is 12.8. The highest BCUT2D eigenvalue weighted by molar-refractivity contribution is 7.92. The highest BCUT2D eigenvalue weighted by atomic mass is 32.2. The number of sulfonamides is 1. The Bertz CT molecular complexity index is 776. The number of hydrogen-bond acceptors (Lipinski definition) is 5. The van der Waals surface area contributed by atoms with Gasteiger partial charge in [0.25, 0.3) is 0 Å². The molecular formula is C15H15N3O2S2. The van der Waals surface area contributed by atoms with E-state index < -0.39 is 15.4 Å². The minimum atomic E-state index is -3.58. The van der Waals surface area contributed by atoms with E-state index >= 15 is 0 Å². The molecule has 0 N–H and O–H groups in total. The van der Waals surface area contributed by atoms with Gasteiger partial charge in [0.15, 0.2) is 0 Å². The van der Waals surface area contributed by atoms with Crippen LogP contribution in [0.5, 0.6) is 0 Å². The van der Waals surface area contributed by atoms with Crippen molar-refractivity contribution in [1.82, 2.24) is 4.98 Å². The number of thiophene rings is 1. The maximum atomic E-state index is 12.8. The van der Waals surface area contributed by atoms with E-state index in [-0.39, 0.29) is 12.3 Å². The van der Waals surface area contributed by atoms with Gasteiger partial charge >= 0.3 is 0 Å². The molecule has 2 aromatic heterocycles. The Hall–Kier alpha value is -1.91. The fourth-order valence-corrected chi connectivity index (χ4v) is 4.91. The lowest BCUT2D eigenvalue weighted by molar-refractivity contribution is 0.578. The van der Waals surface area contributed by atoms with Crippen LogP contribution in [-0.4, -0.2) is 19.2 Å². The van der Waals surface area contributed by atoms with Crippen LogP contribution < -0.4 is 4.31 Å². The predicted octanol–water partition coefficient (Wildman–Crippen LogP) is 2.78. The molecule has 3 rings (SSSR count). The van der Waals surface area contributed by atoms with E-state index in [4.69, 9.17) is 0 Å². The molecule has 0 unspecified atom stereocenters. The van der Waals surface area contributed by atoms with E-state index in [0.717, 1.165) is 5.56 Å². The molecule has 22 heavy (non-hydrogen) atoms. The number of hydrogen-bond donors (Lipinski definition) is 0. The molecule has 1 aliphatic rings. The molecule has 0 atom stereocenters. The zero-order valence-corrected chi connectivity index (χ0v) is 13.5. The molecule has 0 aliphatic heterocycles. The Morgan fingerprint density at radius 1 is 1.41 bits per heavy atom. The van der Waals surface area contributed by atoms with Gasteiger partial charge in [-0.15, -0.1) is 0 Å². The summed E-state index contributed by atoms with van der Waals surface area (Å²) < 4.78 is 27.0. The van der Waals surface area contributed by atoms with Crippen molar-refractivity contribution in [2.24, 2.45) is 5.41 Å². The van der Waals surface area contributed by atoms with Gasteiger partial charge in [0.1, 0.15) is 0 Å². The largest absolute Gasteiger partial charge is 0.264 e. The second-order valence-corrected chi connectivity index (χ2v) is 8.17. The molecule has 1 saturated carbocycles. The highest BCUT2D eigenvalue weighted by Gasteiger charge is 2.48. The molecule has 0 amide bonds. The fourth-order valence-electron chi connectivity index (χ4n) is 2.27. The molecule has 0 aromatic carbocycles. The number of nitriles is 1. The molecule has 0 radical (unpaired) electrons. The van der Waals surface area contributed by atoms with Crippen molar-refractivity contribution in [1.29, 1.82) is 5.26 Å². The monoisotopic (exact) mass is 333 g/mol. The minimum Gasteiger partial charge on any atom is -0.264 e. The summed E-state index contributed by atoms with van der Waals surface area (Å²) in [5, 5.41) is 13.0. The number of aromatic nitrogens is 1. The number of nitrogens with zero attached hydrogens (tertiary/aromatic N) is 3. The van der Waals surface area contributed by atoms with Gasteiger partial charge in [0.2, 0.25) is 10.0 Å². The van der Waals surface area contributed by atoms with Crippen molar-refractivity contribution in [3.63, 3.8) is 0 Å². The molecule has 1 aliphatic carbocycles. The number of anilines is 1. The van der Waals surface area contributed by atoms with Crippen molar-refractivity contribution < 1.29 is 8.42 Å². The molecule has 1 fully saturated rings. The van der Waals surface area contributed by atoms with Crippen molar-refractivity contribution in [2.45, 2.75) is 19.4 Å². The average molecular weight is 333 g/mol. The van der Waals surface area contributed by atoms with Crippen LogP contribution in [0.2, 0.25) is 0 Å². The third-order valence-electron chi connectivity index (χ3n) is 3.73. The van der Waals surface area contributed by atoms with Gasteiger partial charge in [-0.2, -0.15) is 16.6 Å². The van der Waals surface area contributed by atoms with Crippen molar-refractivity contribution in [2.75, 3.05) is 10.1 Å². The first-order valence-electron chi connectivity index (χ1n) is 6.87. The summed E-state index contributed by atoms with van der Waals surface area (Å²) in [6.45, 7) is 0.263. The summed E-state index contributed by atoms with van der Waals surface area (Å²) in [5.41, 5.74) is 0.759. The summed E-state index contributed by atoms with van der Waals surface area (Å²) in [4.78, 5) is 4.01. The SMILES string of the molecule is N#CC1(CS(=O)(=O)N(Cc2ccsc2)c2cccnc2)CC1. The van der Waals surface area contributed by atoms with Crippen LogP contribution in [-0.2, 0) is 16.6 Å². The van der Waals surface area contributed by atoms with Crippen molar-refractivity contribution in [3.8, 4) is 6.07 Å². The van der Waals surface area contributed by atoms with Crippen molar-refractivity contribution in [3.05, 3.63) is 46.9 Å². The van der Waals surface area contributed by atoms with Crippen LogP contribution in [0.1, 0.15) is 18.4 Å². The number of pyridine rings is 1. The smallest absolute Gasteiger partial charge is 0.237 e. The predicted molar refractivity (Wildman–Crippen MR) is 85.8 cm³/mol. The molecular weight excluding hydrogens is 318 g/mol. The second kappa shape index (κ2) is 5.71. The van der Waals surface area contributed by atoms with Crippen LogP contribution in [0.15, 0.2) is 41.4 Å². The van der Waals surface area contributed by atoms with Gasteiger partial charge in [-0.1, -0.05) is 0 Å². The van der Waals surface area contributed by atoms with E-state index in [1.807, 2.05) is 16.8 Å². The number of rotatable bonds is 6. The van der Waals surface area contributed by atoms with Gasteiger partial charge in [-0.25, -0.2) is 8.42 Å². The molecule has 2 aromatic rings. The minimum absolute atomic E-state index is 0.129. The molecule has 2 heterocycles. The van der Waals surface area contributed by atoms with E-state index in [0.29, 0.717) is 18.5 Å². The van der Waals surface area contributed by atoms with Crippen LogP contribution in [0.4, 0.5) is 5.69 Å². The molecule has 0 saturated heterocycles. The Balaban J connectivity index is 1.93. The Kier molecular flexibility index (Phi) is 3.89. The lowest BCUT2D eigenvalue weighted by Crippen LogP contribution is -2.35.